The average Bonchev–Trinajstić information content (AvgIpc) is 3.22. The van der Waals surface area contributed by atoms with Gasteiger partial charge in [0.1, 0.15) is 0 Å². The van der Waals surface area contributed by atoms with Crippen molar-refractivity contribution in [3.05, 3.63) is 35.2 Å². The Labute approximate surface area is 176 Å². The highest BCUT2D eigenvalue weighted by Gasteiger charge is 2.30. The van der Waals surface area contributed by atoms with E-state index in [1.807, 2.05) is 24.3 Å². The summed E-state index contributed by atoms with van der Waals surface area (Å²) >= 11 is 6.04. The van der Waals surface area contributed by atoms with Gasteiger partial charge in [-0.2, -0.15) is 4.98 Å². The van der Waals surface area contributed by atoms with Crippen molar-refractivity contribution >= 4 is 17.5 Å². The molecule has 4 rings (SSSR count). The minimum Gasteiger partial charge on any atom is -0.340 e. The first kappa shape index (κ1) is 20.3. The lowest BCUT2D eigenvalue weighted by Crippen LogP contribution is -2.51. The van der Waals surface area contributed by atoms with E-state index in [-0.39, 0.29) is 5.92 Å². The highest BCUT2D eigenvalue weighted by Crippen LogP contribution is 2.23. The van der Waals surface area contributed by atoms with Crippen LogP contribution in [0.2, 0.25) is 5.02 Å². The molecule has 1 aromatic carbocycles. The predicted molar refractivity (Wildman–Crippen MR) is 111 cm³/mol. The number of piperidine rings is 1. The number of likely N-dealkylation sites (N-methyl/N-ethyl adjacent to an activating group) is 1. The summed E-state index contributed by atoms with van der Waals surface area (Å²) in [4.78, 5) is 24.1. The summed E-state index contributed by atoms with van der Waals surface area (Å²) in [5.41, 5.74) is 0.847. The van der Waals surface area contributed by atoms with E-state index >= 15 is 0 Å². The van der Waals surface area contributed by atoms with Crippen molar-refractivity contribution in [2.45, 2.75) is 26.3 Å². The maximum absolute atomic E-state index is 12.8. The summed E-state index contributed by atoms with van der Waals surface area (Å²) in [5, 5.41) is 4.72. The van der Waals surface area contributed by atoms with E-state index in [4.69, 9.17) is 16.1 Å². The van der Waals surface area contributed by atoms with E-state index < -0.39 is 0 Å². The van der Waals surface area contributed by atoms with Crippen LogP contribution in [0.3, 0.4) is 0 Å². The third-order valence-electron chi connectivity index (χ3n) is 5.98. The lowest BCUT2D eigenvalue weighted by molar-refractivity contribution is -0.138. The number of nitrogens with zero attached hydrogens (tertiary/aromatic N) is 5. The summed E-state index contributed by atoms with van der Waals surface area (Å²) in [6, 6.07) is 7.43. The van der Waals surface area contributed by atoms with Gasteiger partial charge in [0.05, 0.1) is 6.54 Å². The number of carbonyl (C=O) groups excluding carboxylic acids is 1. The fourth-order valence-electron chi connectivity index (χ4n) is 4.14. The quantitative estimate of drug-likeness (QED) is 0.745. The fourth-order valence-corrected chi connectivity index (χ4v) is 4.33. The maximum atomic E-state index is 12.8. The van der Waals surface area contributed by atoms with Gasteiger partial charge in [0, 0.05) is 42.7 Å². The lowest BCUT2D eigenvalue weighted by atomic mass is 9.95. The first-order chi connectivity index (χ1) is 14.1. The molecular formula is C21H28ClN5O2. The number of likely N-dealkylation sites (tertiary alicyclic amines) is 1. The van der Waals surface area contributed by atoms with Gasteiger partial charge in [0.25, 0.3) is 0 Å². The zero-order valence-corrected chi connectivity index (χ0v) is 17.6. The van der Waals surface area contributed by atoms with Crippen LogP contribution in [0.5, 0.6) is 0 Å². The van der Waals surface area contributed by atoms with Gasteiger partial charge < -0.3 is 14.3 Å². The molecule has 0 spiro atoms. The first-order valence-electron chi connectivity index (χ1n) is 10.4. The number of hydrogen-bond acceptors (Lipinski definition) is 6. The molecule has 7 nitrogen and oxygen atoms in total. The monoisotopic (exact) mass is 417 g/mol. The standard InChI is InChI=1S/C21H28ClN5O2/c1-2-25-10-12-27(13-11-25)21(28)16-6-8-26(9-7-16)15-19-23-20(24-29-19)17-4-3-5-18(22)14-17/h3-5,14,16H,2,6-13,15H2,1H3. The zero-order valence-electron chi connectivity index (χ0n) is 16.9. The molecule has 0 aliphatic carbocycles. The van der Waals surface area contributed by atoms with Gasteiger partial charge in [0.15, 0.2) is 0 Å². The maximum Gasteiger partial charge on any atom is 0.241 e. The fraction of sp³-hybridized carbons (Fsp3) is 0.571. The first-order valence-corrected chi connectivity index (χ1v) is 10.8. The number of hydrogen-bond donors (Lipinski definition) is 0. The second-order valence-corrected chi connectivity index (χ2v) is 8.27. The van der Waals surface area contributed by atoms with Crippen LogP contribution in [0.25, 0.3) is 11.4 Å². The summed E-state index contributed by atoms with van der Waals surface area (Å²) < 4.78 is 5.43. The smallest absolute Gasteiger partial charge is 0.241 e. The van der Waals surface area contributed by atoms with Gasteiger partial charge in [-0.3, -0.25) is 9.69 Å². The number of benzene rings is 1. The highest BCUT2D eigenvalue weighted by molar-refractivity contribution is 6.30. The van der Waals surface area contributed by atoms with Crippen molar-refractivity contribution in [1.82, 2.24) is 24.8 Å². The van der Waals surface area contributed by atoms with Crippen LogP contribution in [0, 0.1) is 5.92 Å². The number of amides is 1. The minimum atomic E-state index is 0.143. The largest absolute Gasteiger partial charge is 0.340 e. The van der Waals surface area contributed by atoms with Crippen molar-refractivity contribution < 1.29 is 9.32 Å². The van der Waals surface area contributed by atoms with Gasteiger partial charge in [-0.25, -0.2) is 0 Å². The van der Waals surface area contributed by atoms with Crippen LogP contribution in [-0.2, 0) is 11.3 Å². The van der Waals surface area contributed by atoms with Crippen LogP contribution in [0.1, 0.15) is 25.7 Å². The summed E-state index contributed by atoms with van der Waals surface area (Å²) in [5.74, 6) is 1.63. The van der Waals surface area contributed by atoms with Gasteiger partial charge in [-0.1, -0.05) is 35.8 Å². The molecule has 0 unspecified atom stereocenters. The van der Waals surface area contributed by atoms with Crippen LogP contribution >= 0.6 is 11.6 Å². The molecule has 0 bridgehead atoms. The van der Waals surface area contributed by atoms with E-state index in [2.05, 4.69) is 31.8 Å². The number of aromatic nitrogens is 2. The molecule has 8 heteroatoms. The molecule has 2 aliphatic heterocycles. The molecular weight excluding hydrogens is 390 g/mol. The van der Waals surface area contributed by atoms with E-state index in [0.717, 1.165) is 64.2 Å². The Hall–Kier alpha value is -1.96. The molecule has 156 valence electrons. The summed E-state index contributed by atoms with van der Waals surface area (Å²) in [6.07, 6.45) is 1.78. The van der Waals surface area contributed by atoms with Crippen molar-refractivity contribution in [3.63, 3.8) is 0 Å². The predicted octanol–water partition coefficient (Wildman–Crippen LogP) is 2.77. The molecule has 0 radical (unpaired) electrons. The number of piperazine rings is 1. The Morgan fingerprint density at radius 1 is 1.14 bits per heavy atom. The SMILES string of the molecule is CCN1CCN(C(=O)C2CCN(Cc3nc(-c4cccc(Cl)c4)no3)CC2)CC1. The van der Waals surface area contributed by atoms with Gasteiger partial charge >= 0.3 is 0 Å². The van der Waals surface area contributed by atoms with Crippen LogP contribution in [0.4, 0.5) is 0 Å². The van der Waals surface area contributed by atoms with Gasteiger partial charge in [-0.05, 0) is 44.6 Å². The van der Waals surface area contributed by atoms with E-state index in [1.165, 1.54) is 0 Å². The van der Waals surface area contributed by atoms with Crippen LogP contribution < -0.4 is 0 Å². The van der Waals surface area contributed by atoms with Crippen molar-refractivity contribution in [2.24, 2.45) is 5.92 Å². The molecule has 2 aromatic rings. The lowest BCUT2D eigenvalue weighted by Gasteiger charge is -2.38. The third kappa shape index (κ3) is 4.97. The Balaban J connectivity index is 1.27. The van der Waals surface area contributed by atoms with Gasteiger partial charge in [0.2, 0.25) is 17.6 Å². The minimum absolute atomic E-state index is 0.143. The highest BCUT2D eigenvalue weighted by atomic mass is 35.5. The normalized spacial score (nSPS) is 19.6. The van der Waals surface area contributed by atoms with Crippen molar-refractivity contribution in [2.75, 3.05) is 45.8 Å². The number of carbonyl (C=O) groups is 1. The Morgan fingerprint density at radius 3 is 2.59 bits per heavy atom. The Morgan fingerprint density at radius 2 is 1.90 bits per heavy atom. The molecule has 0 N–H and O–H groups in total. The number of halogens is 1. The summed E-state index contributed by atoms with van der Waals surface area (Å²) in [6.45, 7) is 9.32. The molecule has 1 aromatic heterocycles. The van der Waals surface area contributed by atoms with Crippen molar-refractivity contribution in [3.8, 4) is 11.4 Å². The third-order valence-corrected chi connectivity index (χ3v) is 6.21. The Kier molecular flexibility index (Phi) is 6.47. The van der Waals surface area contributed by atoms with Crippen molar-refractivity contribution in [1.29, 1.82) is 0 Å². The Bertz CT molecular complexity index is 826. The second-order valence-electron chi connectivity index (χ2n) is 7.83. The summed E-state index contributed by atoms with van der Waals surface area (Å²) in [7, 11) is 0. The second kappa shape index (κ2) is 9.24. The molecule has 2 fully saturated rings. The van der Waals surface area contributed by atoms with Gasteiger partial charge in [-0.15, -0.1) is 0 Å². The van der Waals surface area contributed by atoms with E-state index in [9.17, 15) is 4.79 Å². The van der Waals surface area contributed by atoms with E-state index in [0.29, 0.717) is 29.2 Å². The molecule has 2 aliphatic rings. The molecule has 0 atom stereocenters. The molecule has 2 saturated heterocycles. The van der Waals surface area contributed by atoms with Crippen LogP contribution in [0.15, 0.2) is 28.8 Å². The molecule has 3 heterocycles. The molecule has 0 saturated carbocycles. The number of rotatable bonds is 5. The van der Waals surface area contributed by atoms with Crippen LogP contribution in [-0.4, -0.2) is 76.6 Å². The molecule has 1 amide bonds. The van der Waals surface area contributed by atoms with E-state index in [1.54, 1.807) is 0 Å². The average molecular weight is 418 g/mol. The zero-order chi connectivity index (χ0) is 20.2. The molecule has 29 heavy (non-hydrogen) atoms. The topological polar surface area (TPSA) is 65.7 Å².